The van der Waals surface area contributed by atoms with Gasteiger partial charge in [0.1, 0.15) is 6.33 Å². The first-order chi connectivity index (χ1) is 6.20. The fourth-order valence-electron chi connectivity index (χ4n) is 1.26. The van der Waals surface area contributed by atoms with Gasteiger partial charge in [0.2, 0.25) is 0 Å². The van der Waals surface area contributed by atoms with Crippen LogP contribution in [0.4, 0.5) is 0 Å². The molecule has 0 spiro atoms. The zero-order valence-electron chi connectivity index (χ0n) is 7.89. The second-order valence-electron chi connectivity index (χ2n) is 2.97. The lowest BCUT2D eigenvalue weighted by Crippen LogP contribution is -1.97. The summed E-state index contributed by atoms with van der Waals surface area (Å²) in [4.78, 5) is 4.16. The van der Waals surface area contributed by atoms with Crippen LogP contribution in [0.1, 0.15) is 5.69 Å². The van der Waals surface area contributed by atoms with Crippen molar-refractivity contribution in [2.75, 3.05) is 0 Å². The Morgan fingerprint density at radius 3 is 2.38 bits per heavy atom. The molecule has 0 saturated carbocycles. The van der Waals surface area contributed by atoms with Crippen molar-refractivity contribution in [1.82, 2.24) is 24.5 Å². The molecular weight excluding hydrogens is 166 g/mol. The predicted molar refractivity (Wildman–Crippen MR) is 47.9 cm³/mol. The van der Waals surface area contributed by atoms with Gasteiger partial charge in [-0.25, -0.2) is 9.67 Å². The lowest BCUT2D eigenvalue weighted by atomic mass is 10.2. The molecule has 13 heavy (non-hydrogen) atoms. The molecule has 0 aliphatic heterocycles. The maximum Gasteiger partial charge on any atom is 0.161 e. The Morgan fingerprint density at radius 2 is 1.92 bits per heavy atom. The normalized spacial score (nSPS) is 10.7. The highest BCUT2D eigenvalue weighted by atomic mass is 15.3. The van der Waals surface area contributed by atoms with Gasteiger partial charge in [0.15, 0.2) is 5.82 Å². The van der Waals surface area contributed by atoms with Crippen LogP contribution in [0.25, 0.3) is 11.4 Å². The third-order valence-corrected chi connectivity index (χ3v) is 2.19. The highest BCUT2D eigenvalue weighted by Gasteiger charge is 2.10. The summed E-state index contributed by atoms with van der Waals surface area (Å²) in [7, 11) is 3.78. The number of nitrogens with zero attached hydrogens (tertiary/aromatic N) is 5. The molecule has 0 unspecified atom stereocenters. The van der Waals surface area contributed by atoms with Crippen molar-refractivity contribution < 1.29 is 0 Å². The minimum atomic E-state index is 0.852. The summed E-state index contributed by atoms with van der Waals surface area (Å²) in [6, 6.07) is 0. The van der Waals surface area contributed by atoms with Gasteiger partial charge >= 0.3 is 0 Å². The van der Waals surface area contributed by atoms with Crippen LogP contribution in [0.3, 0.4) is 0 Å². The first-order valence-corrected chi connectivity index (χ1v) is 4.03. The van der Waals surface area contributed by atoms with Gasteiger partial charge in [-0.1, -0.05) is 0 Å². The molecule has 2 rings (SSSR count). The SMILES string of the molecule is Cc1c(-c2ncnn2C)cnn1C. The fourth-order valence-corrected chi connectivity index (χ4v) is 1.26. The zero-order valence-corrected chi connectivity index (χ0v) is 7.89. The first kappa shape index (κ1) is 7.97. The standard InChI is InChI=1S/C8H11N5/c1-6-7(4-10-12(6)2)8-9-5-11-13(8)3/h4-5H,1-3H3. The van der Waals surface area contributed by atoms with Crippen molar-refractivity contribution in [3.8, 4) is 11.4 Å². The highest BCUT2D eigenvalue weighted by Crippen LogP contribution is 2.18. The summed E-state index contributed by atoms with van der Waals surface area (Å²) in [5, 5.41) is 8.16. The molecule has 2 heterocycles. The van der Waals surface area contributed by atoms with E-state index in [0.29, 0.717) is 0 Å². The molecule has 0 fully saturated rings. The van der Waals surface area contributed by atoms with Crippen molar-refractivity contribution in [2.45, 2.75) is 6.92 Å². The fraction of sp³-hybridized carbons (Fsp3) is 0.375. The maximum atomic E-state index is 4.16. The third-order valence-electron chi connectivity index (χ3n) is 2.19. The van der Waals surface area contributed by atoms with E-state index >= 15 is 0 Å². The van der Waals surface area contributed by atoms with Crippen molar-refractivity contribution >= 4 is 0 Å². The number of aromatic nitrogens is 5. The number of hydrogen-bond donors (Lipinski definition) is 0. The smallest absolute Gasteiger partial charge is 0.161 e. The Morgan fingerprint density at radius 1 is 1.15 bits per heavy atom. The molecule has 0 radical (unpaired) electrons. The monoisotopic (exact) mass is 177 g/mol. The molecule has 68 valence electrons. The highest BCUT2D eigenvalue weighted by molar-refractivity contribution is 5.56. The molecule has 0 atom stereocenters. The van der Waals surface area contributed by atoms with E-state index in [4.69, 9.17) is 0 Å². The average Bonchev–Trinajstić information content (AvgIpc) is 2.62. The molecule has 0 N–H and O–H groups in total. The summed E-state index contributed by atoms with van der Waals surface area (Å²) < 4.78 is 3.56. The van der Waals surface area contributed by atoms with Crippen molar-refractivity contribution in [1.29, 1.82) is 0 Å². The first-order valence-electron chi connectivity index (χ1n) is 4.03. The molecular formula is C8H11N5. The quantitative estimate of drug-likeness (QED) is 0.638. The Bertz CT molecular complexity index is 425. The van der Waals surface area contributed by atoms with Gasteiger partial charge in [0, 0.05) is 19.8 Å². The van der Waals surface area contributed by atoms with Gasteiger partial charge in [-0.05, 0) is 6.92 Å². The lowest BCUT2D eigenvalue weighted by Gasteiger charge is -1.98. The van der Waals surface area contributed by atoms with Gasteiger partial charge in [-0.2, -0.15) is 10.2 Å². The maximum absolute atomic E-state index is 4.16. The Kier molecular flexibility index (Phi) is 1.65. The van der Waals surface area contributed by atoms with Gasteiger partial charge in [0.05, 0.1) is 11.8 Å². The van der Waals surface area contributed by atoms with Crippen molar-refractivity contribution in [3.05, 3.63) is 18.2 Å². The second-order valence-corrected chi connectivity index (χ2v) is 2.97. The van der Waals surface area contributed by atoms with E-state index in [1.54, 1.807) is 17.2 Å². The minimum Gasteiger partial charge on any atom is -0.272 e. The topological polar surface area (TPSA) is 48.5 Å². The molecule has 2 aromatic heterocycles. The molecule has 5 heteroatoms. The summed E-state index contributed by atoms with van der Waals surface area (Å²) in [5.41, 5.74) is 2.12. The molecule has 0 amide bonds. The largest absolute Gasteiger partial charge is 0.272 e. The second kappa shape index (κ2) is 2.69. The van der Waals surface area contributed by atoms with E-state index < -0.39 is 0 Å². The van der Waals surface area contributed by atoms with Crippen LogP contribution in [0.2, 0.25) is 0 Å². The zero-order chi connectivity index (χ0) is 9.42. The Labute approximate surface area is 76.0 Å². The molecule has 2 aromatic rings. The van der Waals surface area contributed by atoms with Gasteiger partial charge in [0.25, 0.3) is 0 Å². The summed E-state index contributed by atoms with van der Waals surface area (Å²) in [5.74, 6) is 0.852. The van der Waals surface area contributed by atoms with Crippen LogP contribution in [0.15, 0.2) is 12.5 Å². The van der Waals surface area contributed by atoms with Gasteiger partial charge < -0.3 is 0 Å². The van der Waals surface area contributed by atoms with Crippen molar-refractivity contribution in [3.63, 3.8) is 0 Å². The third kappa shape index (κ3) is 1.12. The molecule has 0 aliphatic rings. The molecule has 5 nitrogen and oxygen atoms in total. The Hall–Kier alpha value is -1.65. The molecule has 0 bridgehead atoms. The molecule has 0 saturated heterocycles. The van der Waals surface area contributed by atoms with Gasteiger partial charge in [-0.3, -0.25) is 4.68 Å². The van der Waals surface area contributed by atoms with E-state index in [9.17, 15) is 0 Å². The molecule has 0 aromatic carbocycles. The summed E-state index contributed by atoms with van der Waals surface area (Å²) >= 11 is 0. The number of hydrogen-bond acceptors (Lipinski definition) is 3. The van der Waals surface area contributed by atoms with Crippen LogP contribution in [-0.2, 0) is 14.1 Å². The van der Waals surface area contributed by atoms with E-state index in [-0.39, 0.29) is 0 Å². The van der Waals surface area contributed by atoms with Crippen LogP contribution in [0.5, 0.6) is 0 Å². The van der Waals surface area contributed by atoms with Crippen LogP contribution >= 0.6 is 0 Å². The molecule has 0 aliphatic carbocycles. The summed E-state index contributed by atoms with van der Waals surface area (Å²) in [6.45, 7) is 2.01. The van der Waals surface area contributed by atoms with E-state index in [2.05, 4.69) is 15.2 Å². The van der Waals surface area contributed by atoms with E-state index in [1.807, 2.05) is 25.7 Å². The lowest BCUT2D eigenvalue weighted by molar-refractivity contribution is 0.738. The van der Waals surface area contributed by atoms with Crippen LogP contribution < -0.4 is 0 Å². The van der Waals surface area contributed by atoms with E-state index in [0.717, 1.165) is 17.1 Å². The number of rotatable bonds is 1. The average molecular weight is 177 g/mol. The van der Waals surface area contributed by atoms with Crippen molar-refractivity contribution in [2.24, 2.45) is 14.1 Å². The van der Waals surface area contributed by atoms with Crippen LogP contribution in [0, 0.1) is 6.92 Å². The predicted octanol–water partition coefficient (Wildman–Crippen LogP) is 0.524. The van der Waals surface area contributed by atoms with Crippen LogP contribution in [-0.4, -0.2) is 24.5 Å². The summed E-state index contributed by atoms with van der Waals surface area (Å²) in [6.07, 6.45) is 3.35. The van der Waals surface area contributed by atoms with E-state index in [1.165, 1.54) is 0 Å². The Balaban J connectivity index is 2.59. The number of aryl methyl sites for hydroxylation is 2. The van der Waals surface area contributed by atoms with Gasteiger partial charge in [-0.15, -0.1) is 0 Å². The minimum absolute atomic E-state index is 0.852.